The summed E-state index contributed by atoms with van der Waals surface area (Å²) in [5, 5.41) is 4.64. The molecule has 0 aromatic rings. The summed E-state index contributed by atoms with van der Waals surface area (Å²) >= 11 is 3.88. The predicted molar refractivity (Wildman–Crippen MR) is 59.0 cm³/mol. The van der Waals surface area contributed by atoms with E-state index in [9.17, 15) is 0 Å². The van der Waals surface area contributed by atoms with E-state index in [1.807, 2.05) is 23.5 Å². The number of hydrogen-bond acceptors (Lipinski definition) is 3. The van der Waals surface area contributed by atoms with Gasteiger partial charge in [0.15, 0.2) is 0 Å². The van der Waals surface area contributed by atoms with Crippen molar-refractivity contribution in [3.63, 3.8) is 0 Å². The van der Waals surface area contributed by atoms with Gasteiger partial charge in [0.05, 0.1) is 0 Å². The maximum Gasteiger partial charge on any atom is 0.106 e. The Morgan fingerprint density at radius 3 is 3.15 bits per heavy atom. The predicted octanol–water partition coefficient (Wildman–Crippen LogP) is 3.42. The van der Waals surface area contributed by atoms with Crippen LogP contribution in [0.2, 0.25) is 0 Å². The van der Waals surface area contributed by atoms with E-state index < -0.39 is 0 Å². The van der Waals surface area contributed by atoms with Crippen molar-refractivity contribution in [1.82, 2.24) is 0 Å². The van der Waals surface area contributed by atoms with Crippen LogP contribution in [-0.2, 0) is 0 Å². The third-order valence-electron chi connectivity index (χ3n) is 2.72. The molecule has 2 rings (SSSR count). The molecule has 5 heteroatoms. The normalized spacial score (nSPS) is 38.9. The Hall–Kier alpha value is 0.0100. The lowest BCUT2D eigenvalue weighted by atomic mass is 9.95. The van der Waals surface area contributed by atoms with Gasteiger partial charge < -0.3 is 0 Å². The van der Waals surface area contributed by atoms with Crippen LogP contribution in [0.1, 0.15) is 25.7 Å². The van der Waals surface area contributed by atoms with Crippen LogP contribution in [0.25, 0.3) is 10.4 Å². The van der Waals surface area contributed by atoms with E-state index >= 15 is 0 Å². The van der Waals surface area contributed by atoms with Gasteiger partial charge in [-0.1, -0.05) is 18.0 Å². The van der Waals surface area contributed by atoms with Gasteiger partial charge in [0.25, 0.3) is 0 Å². The summed E-state index contributed by atoms with van der Waals surface area (Å²) in [6.07, 6.45) is 4.85. The van der Waals surface area contributed by atoms with E-state index in [-0.39, 0.29) is 4.87 Å². The minimum absolute atomic E-state index is 0.0874. The Balaban J connectivity index is 2.20. The summed E-state index contributed by atoms with van der Waals surface area (Å²) in [5.74, 6) is 2.36. The number of rotatable bonds is 1. The van der Waals surface area contributed by atoms with Crippen LogP contribution in [-0.4, -0.2) is 21.6 Å². The lowest BCUT2D eigenvalue weighted by Crippen LogP contribution is -2.41. The summed E-state index contributed by atoms with van der Waals surface area (Å²) in [6, 6.07) is 0. The van der Waals surface area contributed by atoms with Crippen molar-refractivity contribution in [1.29, 1.82) is 0 Å². The third kappa shape index (κ3) is 1.78. The molecule has 0 N–H and O–H groups in total. The Morgan fingerprint density at radius 1 is 1.38 bits per heavy atom. The van der Waals surface area contributed by atoms with E-state index in [1.165, 1.54) is 25.0 Å². The summed E-state index contributed by atoms with van der Waals surface area (Å²) in [4.78, 5) is 2.94. The van der Waals surface area contributed by atoms with Gasteiger partial charge in [0.1, 0.15) is 4.87 Å². The lowest BCUT2D eigenvalue weighted by molar-refractivity contribution is 0.416. The molecular formula is C8H13N3S2. The van der Waals surface area contributed by atoms with E-state index in [1.54, 1.807) is 0 Å². The molecule has 0 spiro atoms. The molecule has 2 atom stereocenters. The Morgan fingerprint density at radius 2 is 2.31 bits per heavy atom. The van der Waals surface area contributed by atoms with E-state index in [2.05, 4.69) is 10.0 Å². The molecule has 0 aromatic carbocycles. The van der Waals surface area contributed by atoms with Gasteiger partial charge in [0, 0.05) is 21.7 Å². The largest absolute Gasteiger partial charge is 0.156 e. The molecule has 2 aliphatic rings. The fraction of sp³-hybridized carbons (Fsp3) is 1.00. The Kier molecular flexibility index (Phi) is 2.96. The highest BCUT2D eigenvalue weighted by Gasteiger charge is 2.42. The zero-order valence-corrected chi connectivity index (χ0v) is 9.11. The minimum Gasteiger partial charge on any atom is -0.156 e. The van der Waals surface area contributed by atoms with Crippen molar-refractivity contribution < 1.29 is 0 Å². The SMILES string of the molecule is [N-]=[N+]=N[C@]12CCCC[C@H]1SCCS2. The first-order valence-electron chi connectivity index (χ1n) is 4.69. The second kappa shape index (κ2) is 4.03. The Bertz CT molecular complexity index is 226. The van der Waals surface area contributed by atoms with Crippen LogP contribution >= 0.6 is 23.5 Å². The summed E-state index contributed by atoms with van der Waals surface area (Å²) in [7, 11) is 0. The molecule has 1 saturated heterocycles. The fourth-order valence-electron chi connectivity index (χ4n) is 2.10. The fourth-order valence-corrected chi connectivity index (χ4v) is 5.31. The van der Waals surface area contributed by atoms with Crippen LogP contribution in [0.4, 0.5) is 0 Å². The number of hydrogen-bond donors (Lipinski definition) is 0. The van der Waals surface area contributed by atoms with Crippen LogP contribution in [0.5, 0.6) is 0 Å². The number of nitrogens with zero attached hydrogens (tertiary/aromatic N) is 3. The lowest BCUT2D eigenvalue weighted by Gasteiger charge is -2.42. The van der Waals surface area contributed by atoms with Crippen LogP contribution in [0, 0.1) is 0 Å². The van der Waals surface area contributed by atoms with E-state index in [4.69, 9.17) is 5.53 Å². The number of fused-ring (bicyclic) bond motifs is 1. The monoisotopic (exact) mass is 215 g/mol. The molecule has 0 amide bonds. The molecule has 0 bridgehead atoms. The average Bonchev–Trinajstić information content (AvgIpc) is 2.18. The molecule has 1 saturated carbocycles. The van der Waals surface area contributed by atoms with Gasteiger partial charge in [0.2, 0.25) is 0 Å². The van der Waals surface area contributed by atoms with E-state index in [0.717, 1.165) is 12.2 Å². The topological polar surface area (TPSA) is 48.8 Å². The third-order valence-corrected chi connectivity index (χ3v) is 6.08. The standard InChI is InChI=1S/C8H13N3S2/c9-11-10-8-4-2-1-3-7(8)12-5-6-13-8/h7H,1-6H2/t7-,8+/m1/s1. The zero-order valence-electron chi connectivity index (χ0n) is 7.48. The van der Waals surface area contributed by atoms with Gasteiger partial charge >= 0.3 is 0 Å². The molecular weight excluding hydrogens is 202 g/mol. The highest BCUT2D eigenvalue weighted by Crippen LogP contribution is 2.50. The highest BCUT2D eigenvalue weighted by molar-refractivity contribution is 8.07. The van der Waals surface area contributed by atoms with Crippen molar-refractivity contribution >= 4 is 23.5 Å². The first-order chi connectivity index (χ1) is 6.37. The average molecular weight is 215 g/mol. The smallest absolute Gasteiger partial charge is 0.106 e. The zero-order chi connectivity index (χ0) is 9.15. The van der Waals surface area contributed by atoms with Crippen molar-refractivity contribution in [2.75, 3.05) is 11.5 Å². The number of thioether (sulfide) groups is 2. The molecule has 0 unspecified atom stereocenters. The number of azide groups is 1. The molecule has 0 aromatic heterocycles. The van der Waals surface area contributed by atoms with Crippen LogP contribution in [0.15, 0.2) is 5.11 Å². The van der Waals surface area contributed by atoms with Crippen LogP contribution < -0.4 is 0 Å². The maximum atomic E-state index is 8.59. The molecule has 72 valence electrons. The second-order valence-electron chi connectivity index (χ2n) is 3.49. The molecule has 2 fully saturated rings. The van der Waals surface area contributed by atoms with Gasteiger partial charge in [-0.05, 0) is 18.4 Å². The molecule has 0 radical (unpaired) electrons. The van der Waals surface area contributed by atoms with Gasteiger partial charge in [-0.25, -0.2) is 0 Å². The summed E-state index contributed by atoms with van der Waals surface area (Å²) < 4.78 is 0. The minimum atomic E-state index is -0.0874. The van der Waals surface area contributed by atoms with Crippen molar-refractivity contribution in [2.24, 2.45) is 5.11 Å². The van der Waals surface area contributed by atoms with Gasteiger partial charge in [-0.15, -0.1) is 11.8 Å². The van der Waals surface area contributed by atoms with Gasteiger partial charge in [-0.3, -0.25) is 0 Å². The molecule has 3 nitrogen and oxygen atoms in total. The van der Waals surface area contributed by atoms with Gasteiger partial charge in [-0.2, -0.15) is 11.8 Å². The second-order valence-corrected chi connectivity index (χ2v) is 6.20. The van der Waals surface area contributed by atoms with Crippen molar-refractivity contribution in [3.05, 3.63) is 10.4 Å². The van der Waals surface area contributed by atoms with Crippen molar-refractivity contribution in [2.45, 2.75) is 35.8 Å². The maximum absolute atomic E-state index is 8.59. The quantitative estimate of drug-likeness (QED) is 0.382. The molecule has 1 aliphatic heterocycles. The first-order valence-corrected chi connectivity index (χ1v) is 6.73. The highest BCUT2D eigenvalue weighted by atomic mass is 32.2. The van der Waals surface area contributed by atoms with E-state index in [0.29, 0.717) is 5.25 Å². The molecule has 1 heterocycles. The first kappa shape index (κ1) is 9.56. The Labute approximate surface area is 86.7 Å². The summed E-state index contributed by atoms with van der Waals surface area (Å²) in [5.41, 5.74) is 8.59. The van der Waals surface area contributed by atoms with Crippen molar-refractivity contribution in [3.8, 4) is 0 Å². The summed E-state index contributed by atoms with van der Waals surface area (Å²) in [6.45, 7) is 0. The molecule has 13 heavy (non-hydrogen) atoms. The van der Waals surface area contributed by atoms with Crippen LogP contribution in [0.3, 0.4) is 0 Å². The molecule has 1 aliphatic carbocycles.